The van der Waals surface area contributed by atoms with Crippen molar-refractivity contribution in [1.82, 2.24) is 9.55 Å². The molecule has 3 nitrogen and oxygen atoms in total. The van der Waals surface area contributed by atoms with E-state index in [1.165, 1.54) is 43.4 Å². The minimum atomic E-state index is 0.630. The van der Waals surface area contributed by atoms with Crippen LogP contribution >= 0.6 is 0 Å². The molecule has 0 amide bonds. The summed E-state index contributed by atoms with van der Waals surface area (Å²) in [5.41, 5.74) is 9.03. The van der Waals surface area contributed by atoms with Gasteiger partial charge in [0.15, 0.2) is 0 Å². The van der Waals surface area contributed by atoms with Gasteiger partial charge in [-0.05, 0) is 31.9 Å². The maximum absolute atomic E-state index is 6.05. The Balaban J connectivity index is 2.13. The van der Waals surface area contributed by atoms with E-state index in [9.17, 15) is 0 Å². The first-order chi connectivity index (χ1) is 8.81. The van der Waals surface area contributed by atoms with Crippen molar-refractivity contribution in [2.75, 3.05) is 5.73 Å². The molecule has 3 heteroatoms. The number of benzene rings is 1. The summed E-state index contributed by atoms with van der Waals surface area (Å²) in [5, 5.41) is 0. The number of hydrogen-bond acceptors (Lipinski definition) is 2. The largest absolute Gasteiger partial charge is 0.397 e. The van der Waals surface area contributed by atoms with Gasteiger partial charge in [0.1, 0.15) is 11.3 Å². The molecule has 0 aliphatic heterocycles. The zero-order valence-electron chi connectivity index (χ0n) is 11.0. The zero-order chi connectivity index (χ0) is 12.5. The number of anilines is 1. The highest BCUT2D eigenvalue weighted by Gasteiger charge is 2.22. The molecule has 0 spiro atoms. The molecule has 1 aromatic heterocycles. The molecule has 0 unspecified atom stereocenters. The smallest absolute Gasteiger partial charge is 0.113 e. The molecule has 0 bridgehead atoms. The van der Waals surface area contributed by atoms with Crippen LogP contribution in [0.3, 0.4) is 0 Å². The Labute approximate surface area is 108 Å². The number of para-hydroxylation sites is 1. The maximum atomic E-state index is 6.05. The molecule has 1 aliphatic carbocycles. The Morgan fingerprint density at radius 3 is 2.78 bits per heavy atom. The van der Waals surface area contributed by atoms with Crippen molar-refractivity contribution in [2.45, 2.75) is 51.5 Å². The lowest BCUT2D eigenvalue weighted by Crippen LogP contribution is -2.11. The van der Waals surface area contributed by atoms with Gasteiger partial charge in [-0.1, -0.05) is 25.3 Å². The fourth-order valence-electron chi connectivity index (χ4n) is 3.19. The van der Waals surface area contributed by atoms with Gasteiger partial charge in [-0.15, -0.1) is 0 Å². The van der Waals surface area contributed by atoms with Crippen LogP contribution in [0.5, 0.6) is 0 Å². The third-order valence-corrected chi connectivity index (χ3v) is 4.13. The second kappa shape index (κ2) is 4.63. The standard InChI is InChI=1S/C15H21N3/c1-2-18-13-10-6-9-12(16)14(13)17-15(18)11-7-4-3-5-8-11/h6,9-11H,2-5,7-8,16H2,1H3. The van der Waals surface area contributed by atoms with E-state index in [0.29, 0.717) is 5.92 Å². The maximum Gasteiger partial charge on any atom is 0.113 e. The Kier molecular flexibility index (Phi) is 2.98. The fraction of sp³-hybridized carbons (Fsp3) is 0.533. The molecule has 0 radical (unpaired) electrons. The van der Waals surface area contributed by atoms with Crippen LogP contribution in [0.25, 0.3) is 11.0 Å². The molecule has 0 saturated heterocycles. The Bertz CT molecular complexity index is 550. The third-order valence-electron chi connectivity index (χ3n) is 4.13. The molecule has 2 aromatic rings. The first kappa shape index (κ1) is 11.6. The highest BCUT2D eigenvalue weighted by Crippen LogP contribution is 2.34. The number of nitrogen functional groups attached to an aromatic ring is 1. The average molecular weight is 243 g/mol. The first-order valence-corrected chi connectivity index (χ1v) is 7.06. The number of hydrogen-bond donors (Lipinski definition) is 1. The number of imidazole rings is 1. The van der Waals surface area contributed by atoms with Crippen molar-refractivity contribution in [3.05, 3.63) is 24.0 Å². The molecule has 1 fully saturated rings. The van der Waals surface area contributed by atoms with Crippen molar-refractivity contribution in [3.63, 3.8) is 0 Å². The number of rotatable bonds is 2. The van der Waals surface area contributed by atoms with Crippen LogP contribution in [-0.4, -0.2) is 9.55 Å². The van der Waals surface area contributed by atoms with Crippen molar-refractivity contribution in [3.8, 4) is 0 Å². The van der Waals surface area contributed by atoms with Crippen LogP contribution in [-0.2, 0) is 6.54 Å². The molecular formula is C15H21N3. The molecule has 96 valence electrons. The summed E-state index contributed by atoms with van der Waals surface area (Å²) in [6.45, 7) is 3.17. The number of nitrogens with zero attached hydrogens (tertiary/aromatic N) is 2. The van der Waals surface area contributed by atoms with E-state index in [2.05, 4.69) is 17.6 Å². The predicted octanol–water partition coefficient (Wildman–Crippen LogP) is 3.69. The van der Waals surface area contributed by atoms with Crippen LogP contribution in [0.15, 0.2) is 18.2 Å². The molecule has 3 rings (SSSR count). The topological polar surface area (TPSA) is 43.8 Å². The third kappa shape index (κ3) is 1.78. The number of aryl methyl sites for hydroxylation is 1. The molecule has 1 heterocycles. The highest BCUT2D eigenvalue weighted by atomic mass is 15.1. The van der Waals surface area contributed by atoms with E-state index in [0.717, 1.165) is 17.7 Å². The summed E-state index contributed by atoms with van der Waals surface area (Å²) >= 11 is 0. The van der Waals surface area contributed by atoms with Gasteiger partial charge in [0.05, 0.1) is 11.2 Å². The van der Waals surface area contributed by atoms with Crippen molar-refractivity contribution in [1.29, 1.82) is 0 Å². The number of aromatic nitrogens is 2. The summed E-state index contributed by atoms with van der Waals surface area (Å²) in [6, 6.07) is 6.10. The van der Waals surface area contributed by atoms with E-state index >= 15 is 0 Å². The van der Waals surface area contributed by atoms with E-state index in [1.807, 2.05) is 12.1 Å². The van der Waals surface area contributed by atoms with Crippen LogP contribution in [0.2, 0.25) is 0 Å². The van der Waals surface area contributed by atoms with Crippen molar-refractivity contribution < 1.29 is 0 Å². The molecule has 1 aromatic carbocycles. The van der Waals surface area contributed by atoms with Gasteiger partial charge in [0, 0.05) is 12.5 Å². The van der Waals surface area contributed by atoms with Gasteiger partial charge in [-0.2, -0.15) is 0 Å². The predicted molar refractivity (Wildman–Crippen MR) is 75.6 cm³/mol. The normalized spacial score (nSPS) is 17.4. The minimum Gasteiger partial charge on any atom is -0.397 e. The first-order valence-electron chi connectivity index (χ1n) is 7.06. The van der Waals surface area contributed by atoms with Crippen molar-refractivity contribution >= 4 is 16.7 Å². The lowest BCUT2D eigenvalue weighted by Gasteiger charge is -2.21. The molecule has 2 N–H and O–H groups in total. The average Bonchev–Trinajstić information content (AvgIpc) is 2.80. The Morgan fingerprint density at radius 2 is 2.06 bits per heavy atom. The summed E-state index contributed by atoms with van der Waals surface area (Å²) in [7, 11) is 0. The zero-order valence-corrected chi connectivity index (χ0v) is 11.0. The van der Waals surface area contributed by atoms with Crippen LogP contribution in [0.1, 0.15) is 50.8 Å². The van der Waals surface area contributed by atoms with Gasteiger partial charge in [-0.25, -0.2) is 4.98 Å². The second-order valence-electron chi connectivity index (χ2n) is 5.26. The lowest BCUT2D eigenvalue weighted by molar-refractivity contribution is 0.419. The molecule has 1 aliphatic rings. The summed E-state index contributed by atoms with van der Waals surface area (Å²) in [5.74, 6) is 1.88. The minimum absolute atomic E-state index is 0.630. The van der Waals surface area contributed by atoms with E-state index in [4.69, 9.17) is 10.7 Å². The summed E-state index contributed by atoms with van der Waals surface area (Å²) < 4.78 is 2.35. The van der Waals surface area contributed by atoms with Gasteiger partial charge in [0.2, 0.25) is 0 Å². The summed E-state index contributed by atoms with van der Waals surface area (Å²) in [6.07, 6.45) is 6.62. The van der Waals surface area contributed by atoms with Crippen molar-refractivity contribution in [2.24, 2.45) is 0 Å². The highest BCUT2D eigenvalue weighted by molar-refractivity contribution is 5.87. The van der Waals surface area contributed by atoms with Gasteiger partial charge in [-0.3, -0.25) is 0 Å². The van der Waals surface area contributed by atoms with Gasteiger partial charge in [0.25, 0.3) is 0 Å². The lowest BCUT2D eigenvalue weighted by atomic mass is 9.88. The monoisotopic (exact) mass is 243 g/mol. The summed E-state index contributed by atoms with van der Waals surface area (Å²) in [4.78, 5) is 4.84. The number of fused-ring (bicyclic) bond motifs is 1. The quantitative estimate of drug-likeness (QED) is 0.817. The van der Waals surface area contributed by atoms with Crippen LogP contribution < -0.4 is 5.73 Å². The fourth-order valence-corrected chi connectivity index (χ4v) is 3.19. The van der Waals surface area contributed by atoms with Gasteiger partial charge >= 0.3 is 0 Å². The van der Waals surface area contributed by atoms with Crippen LogP contribution in [0, 0.1) is 0 Å². The molecule has 18 heavy (non-hydrogen) atoms. The SMILES string of the molecule is CCn1c(C2CCCCC2)nc2c(N)cccc21. The molecular weight excluding hydrogens is 222 g/mol. The second-order valence-corrected chi connectivity index (χ2v) is 5.26. The number of nitrogens with two attached hydrogens (primary N) is 1. The molecule has 1 saturated carbocycles. The van der Waals surface area contributed by atoms with E-state index in [1.54, 1.807) is 0 Å². The van der Waals surface area contributed by atoms with E-state index < -0.39 is 0 Å². The Hall–Kier alpha value is -1.51. The van der Waals surface area contributed by atoms with Gasteiger partial charge < -0.3 is 10.3 Å². The van der Waals surface area contributed by atoms with E-state index in [-0.39, 0.29) is 0 Å². The molecule has 0 atom stereocenters. The Morgan fingerprint density at radius 1 is 1.28 bits per heavy atom. The van der Waals surface area contributed by atoms with Crippen LogP contribution in [0.4, 0.5) is 5.69 Å².